The summed E-state index contributed by atoms with van der Waals surface area (Å²) in [5.74, 6) is 0.0287. The van der Waals surface area contributed by atoms with Crippen LogP contribution in [0.1, 0.15) is 32.6 Å². The van der Waals surface area contributed by atoms with Gasteiger partial charge in [-0.2, -0.15) is 0 Å². The van der Waals surface area contributed by atoms with Gasteiger partial charge in [0.25, 0.3) is 5.56 Å². The van der Waals surface area contributed by atoms with Crippen LogP contribution in [0.4, 0.5) is 0 Å². The molecule has 1 amide bonds. The lowest BCUT2D eigenvalue weighted by Gasteiger charge is -2.16. The average molecular weight is 366 g/mol. The van der Waals surface area contributed by atoms with Gasteiger partial charge in [0.15, 0.2) is 5.16 Å². The second-order valence-corrected chi connectivity index (χ2v) is 7.51. The molecule has 1 aromatic carbocycles. The van der Waals surface area contributed by atoms with Crippen molar-refractivity contribution >= 4 is 40.2 Å². The van der Waals surface area contributed by atoms with Gasteiger partial charge in [-0.25, -0.2) is 4.98 Å². The van der Waals surface area contributed by atoms with Crippen molar-refractivity contribution < 1.29 is 4.79 Å². The van der Waals surface area contributed by atoms with Gasteiger partial charge in [0.2, 0.25) is 5.91 Å². The van der Waals surface area contributed by atoms with E-state index in [9.17, 15) is 9.59 Å². The molecular formula is C17H20ClN3O2S. The Labute approximate surface area is 149 Å². The first-order chi connectivity index (χ1) is 11.6. The monoisotopic (exact) mass is 365 g/mol. The Morgan fingerprint density at radius 1 is 1.38 bits per heavy atom. The number of thioether (sulfide) groups is 1. The number of amides is 1. The van der Waals surface area contributed by atoms with Gasteiger partial charge in [0, 0.05) is 18.1 Å². The summed E-state index contributed by atoms with van der Waals surface area (Å²) in [6, 6.07) is 5.12. The fourth-order valence-electron chi connectivity index (χ4n) is 2.84. The Hall–Kier alpha value is -1.53. The fourth-order valence-corrected chi connectivity index (χ4v) is 4.18. The van der Waals surface area contributed by atoms with Crippen molar-refractivity contribution in [1.29, 1.82) is 0 Å². The van der Waals surface area contributed by atoms with Crippen LogP contribution in [0.5, 0.6) is 0 Å². The molecule has 0 saturated carbocycles. The van der Waals surface area contributed by atoms with Crippen LogP contribution in [0.3, 0.4) is 0 Å². The maximum atomic E-state index is 12.8. The van der Waals surface area contributed by atoms with Crippen LogP contribution in [-0.2, 0) is 11.3 Å². The number of fused-ring (bicyclic) bond motifs is 1. The van der Waals surface area contributed by atoms with Gasteiger partial charge in [-0.05, 0) is 37.5 Å². The predicted octanol–water partition coefficient (Wildman–Crippen LogP) is 3.22. The molecule has 1 aliphatic rings. The highest BCUT2D eigenvalue weighted by atomic mass is 35.5. The molecule has 1 saturated heterocycles. The van der Waals surface area contributed by atoms with E-state index in [1.807, 2.05) is 6.92 Å². The molecule has 2 aromatic rings. The molecule has 1 atom stereocenters. The van der Waals surface area contributed by atoms with Crippen molar-refractivity contribution in [2.45, 2.75) is 49.6 Å². The predicted molar refractivity (Wildman–Crippen MR) is 97.8 cm³/mol. The highest BCUT2D eigenvalue weighted by Crippen LogP contribution is 2.28. The van der Waals surface area contributed by atoms with Gasteiger partial charge in [-0.3, -0.25) is 14.2 Å². The maximum absolute atomic E-state index is 12.8. The molecule has 0 aliphatic carbocycles. The summed E-state index contributed by atoms with van der Waals surface area (Å²) in [5.41, 5.74) is 0.506. The first-order valence-electron chi connectivity index (χ1n) is 8.24. The second kappa shape index (κ2) is 7.57. The van der Waals surface area contributed by atoms with Gasteiger partial charge in [-0.1, -0.05) is 36.7 Å². The summed E-state index contributed by atoms with van der Waals surface area (Å²) in [6.45, 7) is 3.32. The summed E-state index contributed by atoms with van der Waals surface area (Å²) in [4.78, 5) is 29.7. The number of halogens is 1. The Balaban J connectivity index is 2.05. The Bertz CT molecular complexity index is 821. The van der Waals surface area contributed by atoms with E-state index < -0.39 is 0 Å². The zero-order valence-corrected chi connectivity index (χ0v) is 15.1. The van der Waals surface area contributed by atoms with E-state index in [-0.39, 0.29) is 16.7 Å². The SMILES string of the molecule is CCCn1c(SC2CCCCNC2=O)nc2cc(Cl)ccc2c1=O. The van der Waals surface area contributed by atoms with Crippen molar-refractivity contribution in [3.63, 3.8) is 0 Å². The van der Waals surface area contributed by atoms with Crippen molar-refractivity contribution in [2.75, 3.05) is 6.54 Å². The van der Waals surface area contributed by atoms with E-state index in [0.29, 0.717) is 27.6 Å². The van der Waals surface area contributed by atoms with E-state index in [2.05, 4.69) is 10.3 Å². The van der Waals surface area contributed by atoms with Gasteiger partial charge in [0.1, 0.15) is 0 Å². The average Bonchev–Trinajstić information content (AvgIpc) is 2.75. The zero-order valence-electron chi connectivity index (χ0n) is 13.5. The quantitative estimate of drug-likeness (QED) is 0.845. The molecule has 1 unspecified atom stereocenters. The normalized spacial score (nSPS) is 18.4. The molecule has 3 rings (SSSR count). The van der Waals surface area contributed by atoms with Crippen molar-refractivity contribution in [3.8, 4) is 0 Å². The molecule has 7 heteroatoms. The minimum atomic E-state index is -0.209. The van der Waals surface area contributed by atoms with Gasteiger partial charge in [-0.15, -0.1) is 0 Å². The molecule has 0 radical (unpaired) electrons. The maximum Gasteiger partial charge on any atom is 0.262 e. The van der Waals surface area contributed by atoms with Gasteiger partial charge >= 0.3 is 0 Å². The van der Waals surface area contributed by atoms with Crippen molar-refractivity contribution in [3.05, 3.63) is 33.6 Å². The molecule has 1 aromatic heterocycles. The molecule has 1 aliphatic heterocycles. The highest BCUT2D eigenvalue weighted by molar-refractivity contribution is 8.00. The fraction of sp³-hybridized carbons (Fsp3) is 0.471. The molecule has 5 nitrogen and oxygen atoms in total. The number of nitrogens with one attached hydrogen (secondary N) is 1. The lowest BCUT2D eigenvalue weighted by molar-refractivity contribution is -0.120. The third-order valence-electron chi connectivity index (χ3n) is 4.06. The number of hydrogen-bond donors (Lipinski definition) is 1. The molecule has 1 N–H and O–H groups in total. The van der Waals surface area contributed by atoms with Crippen molar-refractivity contribution in [1.82, 2.24) is 14.9 Å². The number of carbonyl (C=O) groups is 1. The van der Waals surface area contributed by atoms with Crippen LogP contribution in [0.15, 0.2) is 28.2 Å². The molecule has 2 heterocycles. The lowest BCUT2D eigenvalue weighted by atomic mass is 10.2. The Morgan fingerprint density at radius 3 is 3.00 bits per heavy atom. The number of aromatic nitrogens is 2. The van der Waals surface area contributed by atoms with Gasteiger partial charge in [0.05, 0.1) is 16.2 Å². The number of hydrogen-bond acceptors (Lipinski definition) is 4. The van der Waals surface area contributed by atoms with E-state index in [1.54, 1.807) is 22.8 Å². The van der Waals surface area contributed by atoms with Crippen LogP contribution in [0, 0.1) is 0 Å². The Kier molecular flexibility index (Phi) is 5.46. The molecular weight excluding hydrogens is 346 g/mol. The molecule has 0 bridgehead atoms. The van der Waals surface area contributed by atoms with Crippen LogP contribution in [0.25, 0.3) is 10.9 Å². The lowest BCUT2D eigenvalue weighted by Crippen LogP contribution is -2.32. The number of benzene rings is 1. The van der Waals surface area contributed by atoms with E-state index in [4.69, 9.17) is 11.6 Å². The van der Waals surface area contributed by atoms with Crippen LogP contribution >= 0.6 is 23.4 Å². The first-order valence-corrected chi connectivity index (χ1v) is 9.50. The summed E-state index contributed by atoms with van der Waals surface area (Å²) in [5, 5.41) is 4.42. The molecule has 128 valence electrons. The summed E-state index contributed by atoms with van der Waals surface area (Å²) in [6.07, 6.45) is 3.61. The van der Waals surface area contributed by atoms with E-state index in [0.717, 1.165) is 32.2 Å². The largest absolute Gasteiger partial charge is 0.355 e. The number of rotatable bonds is 4. The summed E-state index contributed by atoms with van der Waals surface area (Å²) >= 11 is 7.43. The van der Waals surface area contributed by atoms with Crippen LogP contribution in [-0.4, -0.2) is 27.3 Å². The third-order valence-corrected chi connectivity index (χ3v) is 5.55. The summed E-state index contributed by atoms with van der Waals surface area (Å²) < 4.78 is 1.68. The van der Waals surface area contributed by atoms with E-state index >= 15 is 0 Å². The molecule has 1 fully saturated rings. The minimum absolute atomic E-state index is 0.0287. The smallest absolute Gasteiger partial charge is 0.262 e. The highest BCUT2D eigenvalue weighted by Gasteiger charge is 2.24. The first kappa shape index (κ1) is 17.3. The number of nitrogens with zero attached hydrogens (tertiary/aromatic N) is 2. The minimum Gasteiger partial charge on any atom is -0.355 e. The van der Waals surface area contributed by atoms with Crippen LogP contribution < -0.4 is 10.9 Å². The standard InChI is InChI=1S/C17H20ClN3O2S/c1-2-9-21-16(23)12-7-6-11(18)10-13(12)20-17(21)24-14-5-3-4-8-19-15(14)22/h6-7,10,14H,2-5,8-9H2,1H3,(H,19,22). The second-order valence-electron chi connectivity index (χ2n) is 5.91. The van der Waals surface area contributed by atoms with Gasteiger partial charge < -0.3 is 5.32 Å². The molecule has 0 spiro atoms. The topological polar surface area (TPSA) is 64.0 Å². The third kappa shape index (κ3) is 3.59. The van der Waals surface area contributed by atoms with Crippen LogP contribution in [0.2, 0.25) is 5.02 Å². The zero-order chi connectivity index (χ0) is 17.1. The summed E-state index contributed by atoms with van der Waals surface area (Å²) in [7, 11) is 0. The number of carbonyl (C=O) groups excluding carboxylic acids is 1. The van der Waals surface area contributed by atoms with E-state index in [1.165, 1.54) is 11.8 Å². The molecule has 24 heavy (non-hydrogen) atoms. The van der Waals surface area contributed by atoms with Crippen molar-refractivity contribution in [2.24, 2.45) is 0 Å². The Morgan fingerprint density at radius 2 is 2.21 bits per heavy atom.